The van der Waals surface area contributed by atoms with Crippen LogP contribution >= 0.6 is 0 Å². The van der Waals surface area contributed by atoms with Crippen molar-refractivity contribution in [1.29, 1.82) is 0 Å². The molecule has 1 aliphatic heterocycles. The molecule has 0 saturated heterocycles. The maximum absolute atomic E-state index is 5.37. The summed E-state index contributed by atoms with van der Waals surface area (Å²) in [6, 6.07) is 81.9. The topological polar surface area (TPSA) is 22.8 Å². The molecule has 0 fully saturated rings. The van der Waals surface area contributed by atoms with Crippen LogP contribution in [0.4, 0.5) is 0 Å². The molecule has 1 aliphatic rings. The number of nitrogens with zero attached hydrogens (tertiary/aromatic N) is 3. The van der Waals surface area contributed by atoms with Gasteiger partial charge in [-0.3, -0.25) is 4.57 Å². The van der Waals surface area contributed by atoms with Crippen LogP contribution in [0.1, 0.15) is 22.3 Å². The molecule has 11 aromatic rings. The molecule has 276 valence electrons. The van der Waals surface area contributed by atoms with E-state index in [4.69, 9.17) is 4.98 Å². The summed E-state index contributed by atoms with van der Waals surface area (Å²) in [6.45, 7) is 0. The Morgan fingerprint density at radius 1 is 0.356 bits per heavy atom. The van der Waals surface area contributed by atoms with Gasteiger partial charge in [-0.25, -0.2) is 4.98 Å². The fourth-order valence-electron chi connectivity index (χ4n) is 9.83. The van der Waals surface area contributed by atoms with Crippen molar-refractivity contribution >= 4 is 32.8 Å². The molecular formula is C56H37N3. The first-order valence-electron chi connectivity index (χ1n) is 20.3. The van der Waals surface area contributed by atoms with Crippen LogP contribution in [0.5, 0.6) is 0 Å². The maximum Gasteiger partial charge on any atom is 0.145 e. The first kappa shape index (κ1) is 33.4. The summed E-state index contributed by atoms with van der Waals surface area (Å²) >= 11 is 0. The quantitative estimate of drug-likeness (QED) is 0.166. The van der Waals surface area contributed by atoms with Gasteiger partial charge in [0.05, 0.1) is 33.2 Å². The van der Waals surface area contributed by atoms with Crippen molar-refractivity contribution in [1.82, 2.24) is 14.1 Å². The number of imidazole rings is 1. The fraction of sp³-hybridized carbons (Fsp3) is 0.0179. The third-order valence-corrected chi connectivity index (χ3v) is 12.4. The van der Waals surface area contributed by atoms with Crippen LogP contribution in [0.2, 0.25) is 0 Å². The van der Waals surface area contributed by atoms with E-state index in [1.165, 1.54) is 66.3 Å². The number of para-hydroxylation sites is 3. The van der Waals surface area contributed by atoms with Gasteiger partial charge in [-0.05, 0) is 111 Å². The van der Waals surface area contributed by atoms with E-state index in [0.717, 1.165) is 33.8 Å². The monoisotopic (exact) mass is 751 g/mol. The molecule has 0 unspecified atom stereocenters. The Bertz CT molecular complexity index is 3310. The van der Waals surface area contributed by atoms with E-state index in [9.17, 15) is 0 Å². The predicted molar refractivity (Wildman–Crippen MR) is 244 cm³/mol. The van der Waals surface area contributed by atoms with Crippen LogP contribution in [0.15, 0.2) is 224 Å². The number of hydrogen-bond acceptors (Lipinski definition) is 1. The SMILES string of the molecule is c1ccc(-c2ccc3c(c2)c2cc(-c4ccccc4)cc4c2n3-c2ccc(-c3nc5ccccc5n3-c3ccccc3)cc2C4(c2ccccc2)c2ccccc2)cc1. The molecule has 0 amide bonds. The fourth-order valence-corrected chi connectivity index (χ4v) is 9.83. The van der Waals surface area contributed by atoms with Crippen molar-refractivity contribution in [2.45, 2.75) is 5.41 Å². The van der Waals surface area contributed by atoms with E-state index < -0.39 is 5.41 Å². The molecule has 12 rings (SSSR count). The highest BCUT2D eigenvalue weighted by molar-refractivity contribution is 6.14. The summed E-state index contributed by atoms with van der Waals surface area (Å²) in [5.74, 6) is 0.911. The third-order valence-electron chi connectivity index (χ3n) is 12.4. The van der Waals surface area contributed by atoms with Gasteiger partial charge in [-0.1, -0.05) is 158 Å². The van der Waals surface area contributed by atoms with Gasteiger partial charge in [0, 0.05) is 22.0 Å². The number of aromatic nitrogens is 3. The lowest BCUT2D eigenvalue weighted by Gasteiger charge is -2.42. The molecule has 0 spiro atoms. The average Bonchev–Trinajstić information content (AvgIpc) is 3.87. The summed E-state index contributed by atoms with van der Waals surface area (Å²) in [6.07, 6.45) is 0. The largest absolute Gasteiger partial charge is 0.309 e. The number of rotatable bonds is 6. The molecule has 0 bridgehead atoms. The van der Waals surface area contributed by atoms with Crippen molar-refractivity contribution in [3.63, 3.8) is 0 Å². The molecule has 3 nitrogen and oxygen atoms in total. The van der Waals surface area contributed by atoms with Gasteiger partial charge in [-0.15, -0.1) is 0 Å². The van der Waals surface area contributed by atoms with Crippen molar-refractivity contribution in [3.8, 4) is 45.0 Å². The highest BCUT2D eigenvalue weighted by Crippen LogP contribution is 2.56. The van der Waals surface area contributed by atoms with Crippen molar-refractivity contribution < 1.29 is 0 Å². The van der Waals surface area contributed by atoms with Gasteiger partial charge in [0.2, 0.25) is 0 Å². The van der Waals surface area contributed by atoms with Gasteiger partial charge >= 0.3 is 0 Å². The molecule has 59 heavy (non-hydrogen) atoms. The third kappa shape index (κ3) is 4.98. The van der Waals surface area contributed by atoms with E-state index in [1.54, 1.807) is 0 Å². The van der Waals surface area contributed by atoms with E-state index in [0.29, 0.717) is 0 Å². The first-order valence-corrected chi connectivity index (χ1v) is 20.3. The summed E-state index contributed by atoms with van der Waals surface area (Å²) in [4.78, 5) is 5.37. The van der Waals surface area contributed by atoms with Crippen molar-refractivity contribution in [2.75, 3.05) is 0 Å². The van der Waals surface area contributed by atoms with Crippen LogP contribution < -0.4 is 0 Å². The summed E-state index contributed by atoms with van der Waals surface area (Å²) in [5.41, 5.74) is 16.8. The Labute approximate surface area is 342 Å². The van der Waals surface area contributed by atoms with Gasteiger partial charge in [0.15, 0.2) is 0 Å². The minimum Gasteiger partial charge on any atom is -0.309 e. The Kier molecular flexibility index (Phi) is 7.45. The van der Waals surface area contributed by atoms with Crippen LogP contribution in [-0.4, -0.2) is 14.1 Å². The second-order valence-electron chi connectivity index (χ2n) is 15.5. The number of fused-ring (bicyclic) bond motifs is 6. The number of hydrogen-bond donors (Lipinski definition) is 0. The standard InChI is InChI=1S/C56H37N3/c1-6-18-38(19-7-1)40-30-32-51-46(34-40)47-35-42(39-20-8-2-9-21-39)37-49-54(47)59(51)52-33-31-41(55-57-50-28-16-17-29-53(50)58(55)45-26-14-5-15-27-45)36-48(52)56(49,43-22-10-3-11-23-43)44-24-12-4-13-25-44/h1-37H. The van der Waals surface area contributed by atoms with Gasteiger partial charge in [0.1, 0.15) is 5.82 Å². The minimum atomic E-state index is -0.687. The van der Waals surface area contributed by atoms with E-state index in [2.05, 4.69) is 234 Å². The molecule has 0 N–H and O–H groups in total. The van der Waals surface area contributed by atoms with Crippen LogP contribution in [0.3, 0.4) is 0 Å². The maximum atomic E-state index is 5.37. The smallest absolute Gasteiger partial charge is 0.145 e. The van der Waals surface area contributed by atoms with Crippen LogP contribution in [0.25, 0.3) is 77.9 Å². The average molecular weight is 752 g/mol. The molecule has 2 aromatic heterocycles. The van der Waals surface area contributed by atoms with Crippen molar-refractivity contribution in [3.05, 3.63) is 247 Å². The Morgan fingerprint density at radius 2 is 0.898 bits per heavy atom. The molecule has 0 saturated carbocycles. The molecule has 0 radical (unpaired) electrons. The Morgan fingerprint density at radius 3 is 1.58 bits per heavy atom. The molecular weight excluding hydrogens is 715 g/mol. The van der Waals surface area contributed by atoms with Gasteiger partial charge < -0.3 is 4.57 Å². The minimum absolute atomic E-state index is 0.687. The zero-order valence-corrected chi connectivity index (χ0v) is 32.2. The Balaban J connectivity index is 1.26. The predicted octanol–water partition coefficient (Wildman–Crippen LogP) is 13.8. The lowest BCUT2D eigenvalue weighted by molar-refractivity contribution is 0.728. The highest BCUT2D eigenvalue weighted by Gasteiger charge is 2.46. The zero-order chi connectivity index (χ0) is 38.9. The summed E-state index contributed by atoms with van der Waals surface area (Å²) in [7, 11) is 0. The molecule has 0 aliphatic carbocycles. The normalized spacial score (nSPS) is 12.9. The summed E-state index contributed by atoms with van der Waals surface area (Å²) < 4.78 is 4.84. The van der Waals surface area contributed by atoms with Gasteiger partial charge in [0.25, 0.3) is 0 Å². The lowest BCUT2D eigenvalue weighted by atomic mass is 9.62. The van der Waals surface area contributed by atoms with E-state index in [-0.39, 0.29) is 0 Å². The lowest BCUT2D eigenvalue weighted by Crippen LogP contribution is -2.35. The van der Waals surface area contributed by atoms with Crippen molar-refractivity contribution in [2.24, 2.45) is 0 Å². The second-order valence-corrected chi connectivity index (χ2v) is 15.5. The zero-order valence-electron chi connectivity index (χ0n) is 32.2. The Hall–Kier alpha value is -7.75. The molecule has 9 aromatic carbocycles. The van der Waals surface area contributed by atoms with Gasteiger partial charge in [-0.2, -0.15) is 0 Å². The first-order chi connectivity index (χ1) is 29.3. The highest BCUT2D eigenvalue weighted by atomic mass is 15.1. The number of benzene rings is 9. The van der Waals surface area contributed by atoms with E-state index >= 15 is 0 Å². The molecule has 3 heteroatoms. The molecule has 0 atom stereocenters. The van der Waals surface area contributed by atoms with Crippen LogP contribution in [0, 0.1) is 0 Å². The van der Waals surface area contributed by atoms with E-state index in [1.807, 2.05) is 0 Å². The molecule has 3 heterocycles. The second kappa shape index (κ2) is 13.2. The van der Waals surface area contributed by atoms with Crippen LogP contribution in [-0.2, 0) is 5.41 Å². The summed E-state index contributed by atoms with van der Waals surface area (Å²) in [5, 5.41) is 2.48.